The van der Waals surface area contributed by atoms with E-state index in [0.29, 0.717) is 16.3 Å². The van der Waals surface area contributed by atoms with E-state index in [-0.39, 0.29) is 6.42 Å². The van der Waals surface area contributed by atoms with Crippen LogP contribution >= 0.6 is 23.1 Å². The molecule has 2 rings (SSSR count). The van der Waals surface area contributed by atoms with Gasteiger partial charge in [0.15, 0.2) is 6.10 Å². The molecule has 7 heteroatoms. The van der Waals surface area contributed by atoms with Gasteiger partial charge >= 0.3 is 5.97 Å². The molecule has 0 saturated heterocycles. The molecule has 0 aliphatic heterocycles. The Morgan fingerprint density at radius 2 is 2.04 bits per heavy atom. The zero-order valence-electron chi connectivity index (χ0n) is 13.9. The number of esters is 1. The summed E-state index contributed by atoms with van der Waals surface area (Å²) in [6.07, 6.45) is -0.691. The first kappa shape index (κ1) is 19.0. The average Bonchev–Trinajstić information content (AvgIpc) is 3.03. The van der Waals surface area contributed by atoms with Gasteiger partial charge in [0, 0.05) is 10.6 Å². The summed E-state index contributed by atoms with van der Waals surface area (Å²) in [6, 6.07) is 11.7. The van der Waals surface area contributed by atoms with Gasteiger partial charge in [0.1, 0.15) is 11.1 Å². The summed E-state index contributed by atoms with van der Waals surface area (Å²) >= 11 is 2.82. The van der Waals surface area contributed by atoms with Crippen molar-refractivity contribution in [1.82, 2.24) is 0 Å². The lowest BCUT2D eigenvalue weighted by Crippen LogP contribution is -2.30. The second kappa shape index (κ2) is 9.25. The number of rotatable bonds is 7. The van der Waals surface area contributed by atoms with Crippen molar-refractivity contribution in [3.05, 3.63) is 46.8 Å². The molecule has 25 heavy (non-hydrogen) atoms. The van der Waals surface area contributed by atoms with Crippen LogP contribution in [0.15, 0.2) is 40.6 Å². The summed E-state index contributed by atoms with van der Waals surface area (Å²) in [5.74, 6) is -0.285. The van der Waals surface area contributed by atoms with Gasteiger partial charge in [-0.15, -0.1) is 23.1 Å². The Bertz CT molecular complexity index is 778. The molecule has 130 valence electrons. The van der Waals surface area contributed by atoms with Crippen molar-refractivity contribution < 1.29 is 14.3 Å². The van der Waals surface area contributed by atoms with Crippen LogP contribution in [0.2, 0.25) is 0 Å². The lowest BCUT2D eigenvalue weighted by atomic mass is 10.2. The van der Waals surface area contributed by atoms with E-state index >= 15 is 0 Å². The van der Waals surface area contributed by atoms with E-state index < -0.39 is 18.0 Å². The molecule has 0 radical (unpaired) electrons. The highest BCUT2D eigenvalue weighted by Crippen LogP contribution is 2.22. The molecule has 1 aromatic heterocycles. The lowest BCUT2D eigenvalue weighted by molar-refractivity contribution is -0.152. The van der Waals surface area contributed by atoms with Gasteiger partial charge in [-0.05, 0) is 37.4 Å². The zero-order valence-corrected chi connectivity index (χ0v) is 15.6. The van der Waals surface area contributed by atoms with E-state index in [1.54, 1.807) is 23.2 Å². The first-order chi connectivity index (χ1) is 12.0. The Labute approximate surface area is 155 Å². The van der Waals surface area contributed by atoms with E-state index in [1.807, 2.05) is 37.3 Å². The second-order valence-electron chi connectivity index (χ2n) is 5.31. The summed E-state index contributed by atoms with van der Waals surface area (Å²) in [4.78, 5) is 25.0. The Balaban J connectivity index is 1.74. The molecule has 0 fully saturated rings. The lowest BCUT2D eigenvalue weighted by Gasteiger charge is -2.13. The third-order valence-electron chi connectivity index (χ3n) is 3.30. The minimum absolute atomic E-state index is 0.221. The van der Waals surface area contributed by atoms with Crippen molar-refractivity contribution in [2.24, 2.45) is 0 Å². The van der Waals surface area contributed by atoms with Crippen LogP contribution in [0.25, 0.3) is 0 Å². The number of thiophene rings is 1. The summed E-state index contributed by atoms with van der Waals surface area (Å²) in [5.41, 5.74) is 1.58. The van der Waals surface area contributed by atoms with Gasteiger partial charge in [-0.2, -0.15) is 5.26 Å². The Kier molecular flexibility index (Phi) is 7.04. The molecule has 1 aromatic carbocycles. The summed E-state index contributed by atoms with van der Waals surface area (Å²) in [6.45, 7) is 3.54. The molecular weight excluding hydrogens is 356 g/mol. The molecule has 2 aromatic rings. The SMILES string of the molecule is Cc1ccc(SCCC(=O)OC(C)C(=O)Nc2sccc2C#N)cc1. The van der Waals surface area contributed by atoms with E-state index in [0.717, 1.165) is 4.90 Å². The summed E-state index contributed by atoms with van der Waals surface area (Å²) in [7, 11) is 0. The van der Waals surface area contributed by atoms with Gasteiger partial charge in [0.2, 0.25) is 0 Å². The molecule has 1 N–H and O–H groups in total. The number of ether oxygens (including phenoxy) is 1. The fourth-order valence-corrected chi connectivity index (χ4v) is 3.48. The highest BCUT2D eigenvalue weighted by atomic mass is 32.2. The molecule has 0 saturated carbocycles. The molecule has 1 amide bonds. The first-order valence-corrected chi connectivity index (χ1v) is 9.53. The molecule has 5 nitrogen and oxygen atoms in total. The van der Waals surface area contributed by atoms with Crippen molar-refractivity contribution >= 4 is 40.0 Å². The molecule has 0 aliphatic rings. The van der Waals surface area contributed by atoms with Crippen LogP contribution in [-0.2, 0) is 14.3 Å². The summed E-state index contributed by atoms with van der Waals surface area (Å²) < 4.78 is 5.15. The fourth-order valence-electron chi connectivity index (χ4n) is 1.90. The van der Waals surface area contributed by atoms with Crippen LogP contribution in [0.4, 0.5) is 5.00 Å². The van der Waals surface area contributed by atoms with E-state index in [2.05, 4.69) is 5.32 Å². The number of thioether (sulfide) groups is 1. The smallest absolute Gasteiger partial charge is 0.307 e. The molecule has 1 atom stereocenters. The molecule has 1 unspecified atom stereocenters. The van der Waals surface area contributed by atoms with Gasteiger partial charge < -0.3 is 10.1 Å². The minimum atomic E-state index is -0.912. The number of amides is 1. The molecular formula is C18H18N2O3S2. The number of nitrogens with zero attached hydrogens (tertiary/aromatic N) is 1. The molecule has 0 bridgehead atoms. The van der Waals surface area contributed by atoms with E-state index in [9.17, 15) is 9.59 Å². The third kappa shape index (κ3) is 5.93. The number of carbonyl (C=O) groups is 2. The van der Waals surface area contributed by atoms with Gasteiger partial charge in [0.25, 0.3) is 5.91 Å². The Hall–Kier alpha value is -2.30. The second-order valence-corrected chi connectivity index (χ2v) is 7.39. The maximum Gasteiger partial charge on any atom is 0.307 e. The third-order valence-corrected chi connectivity index (χ3v) is 5.14. The fraction of sp³-hybridized carbons (Fsp3) is 0.278. The van der Waals surface area contributed by atoms with Crippen molar-refractivity contribution in [3.8, 4) is 6.07 Å². The largest absolute Gasteiger partial charge is 0.453 e. The van der Waals surface area contributed by atoms with Crippen LogP contribution < -0.4 is 5.32 Å². The number of carbonyl (C=O) groups excluding carboxylic acids is 2. The van der Waals surface area contributed by atoms with Crippen LogP contribution in [0.1, 0.15) is 24.5 Å². The van der Waals surface area contributed by atoms with Gasteiger partial charge in [0.05, 0.1) is 12.0 Å². The molecule has 0 aliphatic carbocycles. The van der Waals surface area contributed by atoms with Crippen molar-refractivity contribution in [2.75, 3.05) is 11.1 Å². The van der Waals surface area contributed by atoms with Crippen molar-refractivity contribution in [1.29, 1.82) is 5.26 Å². The van der Waals surface area contributed by atoms with Crippen LogP contribution in [-0.4, -0.2) is 23.7 Å². The van der Waals surface area contributed by atoms with Crippen molar-refractivity contribution in [2.45, 2.75) is 31.3 Å². The van der Waals surface area contributed by atoms with Crippen LogP contribution in [0.3, 0.4) is 0 Å². The summed E-state index contributed by atoms with van der Waals surface area (Å²) in [5, 5.41) is 13.7. The first-order valence-electron chi connectivity index (χ1n) is 7.67. The van der Waals surface area contributed by atoms with Gasteiger partial charge in [-0.25, -0.2) is 0 Å². The predicted octanol–water partition coefficient (Wildman–Crippen LogP) is 3.98. The highest BCUT2D eigenvalue weighted by molar-refractivity contribution is 7.99. The van der Waals surface area contributed by atoms with E-state index in [4.69, 9.17) is 10.00 Å². The number of benzene rings is 1. The van der Waals surface area contributed by atoms with Gasteiger partial charge in [-0.3, -0.25) is 9.59 Å². The number of hydrogen-bond acceptors (Lipinski definition) is 6. The number of anilines is 1. The number of aryl methyl sites for hydroxylation is 1. The van der Waals surface area contributed by atoms with Gasteiger partial charge in [-0.1, -0.05) is 17.7 Å². The van der Waals surface area contributed by atoms with Crippen LogP contribution in [0.5, 0.6) is 0 Å². The highest BCUT2D eigenvalue weighted by Gasteiger charge is 2.19. The van der Waals surface area contributed by atoms with E-state index in [1.165, 1.54) is 23.8 Å². The topological polar surface area (TPSA) is 79.2 Å². The maximum atomic E-state index is 12.0. The number of hydrogen-bond donors (Lipinski definition) is 1. The van der Waals surface area contributed by atoms with Crippen LogP contribution in [0, 0.1) is 18.3 Å². The quantitative estimate of drug-likeness (QED) is 0.586. The number of nitrogens with one attached hydrogen (secondary N) is 1. The standard InChI is InChI=1S/C18H18N2O3S2/c1-12-3-5-15(6-4-12)24-10-8-16(21)23-13(2)17(22)20-18-14(11-19)7-9-25-18/h3-7,9,13H,8,10H2,1-2H3,(H,20,22). The monoisotopic (exact) mass is 374 g/mol. The minimum Gasteiger partial charge on any atom is -0.453 e. The normalized spacial score (nSPS) is 11.4. The Morgan fingerprint density at radius 1 is 1.32 bits per heavy atom. The zero-order chi connectivity index (χ0) is 18.2. The predicted molar refractivity (Wildman–Crippen MR) is 99.7 cm³/mol. The Morgan fingerprint density at radius 3 is 2.72 bits per heavy atom. The average molecular weight is 374 g/mol. The number of nitriles is 1. The molecule has 1 heterocycles. The maximum absolute atomic E-state index is 12.0. The van der Waals surface area contributed by atoms with Crippen molar-refractivity contribution in [3.63, 3.8) is 0 Å². The molecule has 0 spiro atoms.